The Morgan fingerprint density at radius 2 is 1.91 bits per heavy atom. The van der Waals surface area contributed by atoms with E-state index < -0.39 is 26.9 Å². The first kappa shape index (κ1) is 17.9. The number of halogens is 2. The minimum absolute atomic E-state index is 0.215. The Hall–Kier alpha value is -1.41. The maximum Gasteiger partial charge on any atom is 0.270 e. The topological polar surface area (TPSA) is 70.2 Å². The third-order valence-corrected chi connectivity index (χ3v) is 6.37. The van der Waals surface area contributed by atoms with E-state index in [2.05, 4.69) is 20.9 Å². The highest BCUT2D eigenvalue weighted by atomic mass is 79.9. The van der Waals surface area contributed by atoms with Crippen molar-refractivity contribution in [3.05, 3.63) is 34.2 Å². The summed E-state index contributed by atoms with van der Waals surface area (Å²) in [7, 11) is -1.74. The first-order chi connectivity index (χ1) is 10.5. The molecule has 2 rings (SSSR count). The smallest absolute Gasteiger partial charge is 0.270 e. The number of H-pyrrole nitrogens is 1. The molecular formula is C15H18BrFN2O3S. The molecule has 5 nitrogen and oxygen atoms in total. The monoisotopic (exact) mass is 404 g/mol. The summed E-state index contributed by atoms with van der Waals surface area (Å²) >= 11 is 3.20. The van der Waals surface area contributed by atoms with Crippen molar-refractivity contribution < 1.29 is 17.6 Å². The minimum Gasteiger partial charge on any atom is -0.350 e. The van der Waals surface area contributed by atoms with Gasteiger partial charge in [-0.25, -0.2) is 12.8 Å². The zero-order chi connectivity index (χ0) is 17.5. The van der Waals surface area contributed by atoms with Crippen molar-refractivity contribution in [2.75, 3.05) is 13.3 Å². The minimum atomic E-state index is -3.27. The molecule has 1 aromatic heterocycles. The summed E-state index contributed by atoms with van der Waals surface area (Å²) in [4.78, 5) is 16.8. The average molecular weight is 405 g/mol. The van der Waals surface area contributed by atoms with E-state index >= 15 is 0 Å². The van der Waals surface area contributed by atoms with Gasteiger partial charge in [-0.05, 0) is 32.0 Å². The standard InChI is InChI=1S/C15H18BrFN2O3S/c1-8(9(2)23(4,21)22)19(3)15(20)14-7-11-12(17)5-10(16)6-13(11)18-14/h5-9,18H,1-4H3/t8-,9-/m1/s1. The first-order valence-corrected chi connectivity index (χ1v) is 9.71. The molecule has 126 valence electrons. The van der Waals surface area contributed by atoms with Gasteiger partial charge in [0.25, 0.3) is 5.91 Å². The van der Waals surface area contributed by atoms with Crippen molar-refractivity contribution in [2.24, 2.45) is 0 Å². The zero-order valence-electron chi connectivity index (χ0n) is 13.2. The van der Waals surface area contributed by atoms with Crippen LogP contribution in [0.5, 0.6) is 0 Å². The van der Waals surface area contributed by atoms with Gasteiger partial charge < -0.3 is 9.88 Å². The Morgan fingerprint density at radius 3 is 2.48 bits per heavy atom. The number of benzene rings is 1. The number of aromatic amines is 1. The molecule has 0 spiro atoms. The van der Waals surface area contributed by atoms with Gasteiger partial charge in [0.1, 0.15) is 11.5 Å². The zero-order valence-corrected chi connectivity index (χ0v) is 15.6. The lowest BCUT2D eigenvalue weighted by Crippen LogP contribution is -2.44. The molecule has 23 heavy (non-hydrogen) atoms. The van der Waals surface area contributed by atoms with E-state index in [0.717, 1.165) is 6.26 Å². The van der Waals surface area contributed by atoms with Gasteiger partial charge in [-0.2, -0.15) is 0 Å². The lowest BCUT2D eigenvalue weighted by molar-refractivity contribution is 0.0738. The molecule has 0 fully saturated rings. The molecule has 8 heteroatoms. The van der Waals surface area contributed by atoms with E-state index in [1.165, 1.54) is 24.1 Å². The fourth-order valence-corrected chi connectivity index (χ4v) is 3.65. The summed E-state index contributed by atoms with van der Waals surface area (Å²) in [5.74, 6) is -0.829. The Morgan fingerprint density at radius 1 is 1.30 bits per heavy atom. The molecule has 1 aromatic carbocycles. The largest absolute Gasteiger partial charge is 0.350 e. The van der Waals surface area contributed by atoms with Crippen LogP contribution >= 0.6 is 15.9 Å². The molecule has 0 saturated carbocycles. The quantitative estimate of drug-likeness (QED) is 0.851. The Bertz CT molecular complexity index is 863. The number of fused-ring (bicyclic) bond motifs is 1. The van der Waals surface area contributed by atoms with Crippen LogP contribution in [0.15, 0.2) is 22.7 Å². The fraction of sp³-hybridized carbons (Fsp3) is 0.400. The van der Waals surface area contributed by atoms with Crippen molar-refractivity contribution >= 4 is 42.6 Å². The van der Waals surface area contributed by atoms with Crippen molar-refractivity contribution in [1.29, 1.82) is 0 Å². The first-order valence-electron chi connectivity index (χ1n) is 6.96. The van der Waals surface area contributed by atoms with E-state index in [-0.39, 0.29) is 11.6 Å². The number of carbonyl (C=O) groups excluding carboxylic acids is 1. The van der Waals surface area contributed by atoms with Crippen molar-refractivity contribution in [3.8, 4) is 0 Å². The van der Waals surface area contributed by atoms with Crippen molar-refractivity contribution in [2.45, 2.75) is 25.1 Å². The predicted octanol–water partition coefficient (Wildman–Crippen LogP) is 2.96. The van der Waals surface area contributed by atoms with Crippen LogP contribution in [-0.2, 0) is 9.84 Å². The van der Waals surface area contributed by atoms with Gasteiger partial charge in [0.2, 0.25) is 0 Å². The molecule has 2 atom stereocenters. The fourth-order valence-electron chi connectivity index (χ4n) is 2.32. The van der Waals surface area contributed by atoms with Gasteiger partial charge in [-0.3, -0.25) is 4.79 Å². The Kier molecular flexibility index (Phi) is 4.86. The highest BCUT2D eigenvalue weighted by Gasteiger charge is 2.29. The van der Waals surface area contributed by atoms with Crippen LogP contribution in [0, 0.1) is 5.82 Å². The normalized spacial score (nSPS) is 14.7. The summed E-state index contributed by atoms with van der Waals surface area (Å²) in [6.45, 7) is 3.23. The molecule has 0 aliphatic carbocycles. The molecule has 0 aliphatic rings. The molecule has 1 N–H and O–H groups in total. The second-order valence-corrected chi connectivity index (χ2v) is 9.04. The summed E-state index contributed by atoms with van der Waals surface area (Å²) in [6, 6.07) is 3.93. The van der Waals surface area contributed by atoms with Gasteiger partial charge in [0.15, 0.2) is 9.84 Å². The molecule has 0 radical (unpaired) electrons. The van der Waals surface area contributed by atoms with Crippen molar-refractivity contribution in [1.82, 2.24) is 9.88 Å². The van der Waals surface area contributed by atoms with Crippen LogP contribution in [0.2, 0.25) is 0 Å². The summed E-state index contributed by atoms with van der Waals surface area (Å²) in [6.07, 6.45) is 1.14. The number of rotatable bonds is 4. The van der Waals surface area contributed by atoms with Gasteiger partial charge >= 0.3 is 0 Å². The third-order valence-electron chi connectivity index (χ3n) is 4.17. The lowest BCUT2D eigenvalue weighted by Gasteiger charge is -2.28. The number of sulfone groups is 1. The van der Waals surface area contributed by atoms with Crippen LogP contribution in [0.3, 0.4) is 0 Å². The number of amides is 1. The van der Waals surface area contributed by atoms with Crippen LogP contribution in [0.1, 0.15) is 24.3 Å². The SMILES string of the molecule is C[C@H]([C@@H](C)S(C)(=O)=O)N(C)C(=O)c1cc2c(F)cc(Br)cc2[nH]1. The Balaban J connectivity index is 2.35. The van der Waals surface area contributed by atoms with E-state index in [0.29, 0.717) is 15.4 Å². The molecule has 0 unspecified atom stereocenters. The average Bonchev–Trinajstić information content (AvgIpc) is 2.87. The van der Waals surface area contributed by atoms with Gasteiger partial charge in [0, 0.05) is 29.2 Å². The molecule has 1 amide bonds. The van der Waals surface area contributed by atoms with E-state index in [4.69, 9.17) is 0 Å². The van der Waals surface area contributed by atoms with E-state index in [1.807, 2.05) is 0 Å². The molecule has 2 aromatic rings. The number of hydrogen-bond acceptors (Lipinski definition) is 3. The molecular weight excluding hydrogens is 387 g/mol. The molecule has 0 saturated heterocycles. The number of hydrogen-bond donors (Lipinski definition) is 1. The maximum absolute atomic E-state index is 13.9. The van der Waals surface area contributed by atoms with E-state index in [9.17, 15) is 17.6 Å². The molecule has 1 heterocycles. The van der Waals surface area contributed by atoms with Gasteiger partial charge in [0.05, 0.1) is 10.8 Å². The van der Waals surface area contributed by atoms with Crippen LogP contribution in [0.4, 0.5) is 4.39 Å². The lowest BCUT2D eigenvalue weighted by atomic mass is 10.2. The summed E-state index contributed by atoms with van der Waals surface area (Å²) in [5.41, 5.74) is 0.712. The second kappa shape index (κ2) is 6.24. The van der Waals surface area contributed by atoms with Crippen LogP contribution in [0.25, 0.3) is 10.9 Å². The number of nitrogens with one attached hydrogen (secondary N) is 1. The third kappa shape index (κ3) is 3.58. The summed E-state index contributed by atoms with van der Waals surface area (Å²) < 4.78 is 37.8. The van der Waals surface area contributed by atoms with Crippen LogP contribution < -0.4 is 0 Å². The van der Waals surface area contributed by atoms with Crippen molar-refractivity contribution in [3.63, 3.8) is 0 Å². The summed E-state index contributed by atoms with van der Waals surface area (Å²) in [5, 5.41) is -0.388. The van der Waals surface area contributed by atoms with Crippen LogP contribution in [-0.4, -0.2) is 48.8 Å². The predicted molar refractivity (Wildman–Crippen MR) is 91.8 cm³/mol. The second-order valence-electron chi connectivity index (χ2n) is 5.72. The number of nitrogens with zero attached hydrogens (tertiary/aromatic N) is 1. The van der Waals surface area contributed by atoms with Gasteiger partial charge in [-0.1, -0.05) is 15.9 Å². The molecule has 0 bridgehead atoms. The van der Waals surface area contributed by atoms with Gasteiger partial charge in [-0.15, -0.1) is 0 Å². The highest BCUT2D eigenvalue weighted by Crippen LogP contribution is 2.25. The maximum atomic E-state index is 13.9. The number of carbonyl (C=O) groups is 1. The van der Waals surface area contributed by atoms with E-state index in [1.54, 1.807) is 19.9 Å². The number of aromatic nitrogens is 1. The Labute approximate surface area is 142 Å². The molecule has 0 aliphatic heterocycles. The highest BCUT2D eigenvalue weighted by molar-refractivity contribution is 9.10.